The van der Waals surface area contributed by atoms with Gasteiger partial charge in [0.1, 0.15) is 0 Å². The quantitative estimate of drug-likeness (QED) is 0.250. The average molecular weight is 543 g/mol. The van der Waals surface area contributed by atoms with Crippen molar-refractivity contribution < 1.29 is 60.9 Å². The molecule has 0 aliphatic carbocycles. The van der Waals surface area contributed by atoms with Crippen molar-refractivity contribution in [2.45, 2.75) is 42.7 Å². The van der Waals surface area contributed by atoms with Crippen molar-refractivity contribution in [1.29, 1.82) is 0 Å². The maximum absolute atomic E-state index is 11.4. The lowest BCUT2D eigenvalue weighted by Gasteiger charge is -2.38. The molecule has 0 bridgehead atoms. The van der Waals surface area contributed by atoms with E-state index in [1.807, 2.05) is 0 Å². The highest BCUT2D eigenvalue weighted by molar-refractivity contribution is 8.13. The summed E-state index contributed by atoms with van der Waals surface area (Å²) >= 11 is 0. The predicted octanol–water partition coefficient (Wildman–Crippen LogP) is 2.94. The molecule has 1 aliphatic heterocycles. The molecule has 0 aromatic carbocycles. The van der Waals surface area contributed by atoms with Crippen molar-refractivity contribution in [3.05, 3.63) is 4.13 Å². The fourth-order valence-corrected chi connectivity index (χ4v) is 6.36. The Morgan fingerprint density at radius 1 is 0.812 bits per heavy atom. The lowest BCUT2D eigenvalue weighted by atomic mass is 10.1. The SMILES string of the molecule is CO[Si](CCC[N+]1(C)CCCCC1)(OC)OC.O=S(=O)([N-]S(=O)(=O)C(F)(F)F)C(F)(F)F. The van der Waals surface area contributed by atoms with E-state index in [0.717, 1.165) is 16.6 Å². The predicted molar refractivity (Wildman–Crippen MR) is 104 cm³/mol. The molecule has 1 saturated heterocycles. The van der Waals surface area contributed by atoms with Crippen LogP contribution in [0.5, 0.6) is 0 Å². The van der Waals surface area contributed by atoms with Crippen LogP contribution in [0.3, 0.4) is 0 Å². The van der Waals surface area contributed by atoms with Gasteiger partial charge in [-0.15, -0.1) is 0 Å². The fourth-order valence-electron chi connectivity index (χ4n) is 2.95. The molecular formula is C14H28F6N2O7S2Si. The number of nitrogens with zero attached hydrogens (tertiary/aromatic N) is 2. The summed E-state index contributed by atoms with van der Waals surface area (Å²) in [7, 11) is -8.35. The lowest BCUT2D eigenvalue weighted by Crippen LogP contribution is -2.50. The summed E-state index contributed by atoms with van der Waals surface area (Å²) in [5.41, 5.74) is -12.4. The molecule has 0 spiro atoms. The molecule has 32 heavy (non-hydrogen) atoms. The largest absolute Gasteiger partial charge is 0.500 e. The fraction of sp³-hybridized carbons (Fsp3) is 1.00. The molecule has 0 unspecified atom stereocenters. The smallest absolute Gasteiger partial charge is 0.421 e. The van der Waals surface area contributed by atoms with Gasteiger partial charge in [-0.1, -0.05) is 0 Å². The molecule has 18 heteroatoms. The van der Waals surface area contributed by atoms with Crippen LogP contribution in [0.15, 0.2) is 0 Å². The normalized spacial score (nSPS) is 18.1. The number of hydrogen-bond donors (Lipinski definition) is 0. The van der Waals surface area contributed by atoms with Crippen molar-refractivity contribution in [1.82, 2.24) is 0 Å². The zero-order valence-corrected chi connectivity index (χ0v) is 20.6. The first kappa shape index (κ1) is 31.5. The first-order chi connectivity index (χ1) is 14.3. The molecule has 1 heterocycles. The third-order valence-electron chi connectivity index (χ3n) is 4.79. The number of halogens is 6. The van der Waals surface area contributed by atoms with E-state index in [9.17, 15) is 43.2 Å². The van der Waals surface area contributed by atoms with Crippen LogP contribution in [0.1, 0.15) is 25.7 Å². The molecule has 0 saturated carbocycles. The van der Waals surface area contributed by atoms with Crippen LogP contribution in [0.4, 0.5) is 26.3 Å². The Hall–Kier alpha value is -0.503. The number of piperidine rings is 1. The van der Waals surface area contributed by atoms with Gasteiger partial charge >= 0.3 is 19.8 Å². The zero-order chi connectivity index (χ0) is 25.5. The summed E-state index contributed by atoms with van der Waals surface area (Å²) in [6.45, 7) is 3.85. The van der Waals surface area contributed by atoms with Gasteiger partial charge in [0.05, 0.1) is 26.7 Å². The molecule has 1 rings (SSSR count). The van der Waals surface area contributed by atoms with Crippen LogP contribution < -0.4 is 0 Å². The van der Waals surface area contributed by atoms with Crippen molar-refractivity contribution in [3.8, 4) is 0 Å². The lowest BCUT2D eigenvalue weighted by molar-refractivity contribution is -0.914. The molecule has 1 aliphatic rings. The van der Waals surface area contributed by atoms with E-state index in [2.05, 4.69) is 7.05 Å². The van der Waals surface area contributed by atoms with Gasteiger partial charge in [0, 0.05) is 33.8 Å². The van der Waals surface area contributed by atoms with Crippen LogP contribution in [0.25, 0.3) is 4.13 Å². The third-order valence-corrected chi connectivity index (χ3v) is 10.4. The van der Waals surface area contributed by atoms with E-state index in [1.165, 1.54) is 43.4 Å². The number of hydrogen-bond acceptors (Lipinski definition) is 7. The van der Waals surface area contributed by atoms with Crippen LogP contribution in [0.2, 0.25) is 6.04 Å². The summed E-state index contributed by atoms with van der Waals surface area (Å²) in [5, 5.41) is 0. The number of rotatable bonds is 9. The summed E-state index contributed by atoms with van der Waals surface area (Å²) in [6, 6.07) is 0.921. The highest BCUT2D eigenvalue weighted by Gasteiger charge is 2.47. The van der Waals surface area contributed by atoms with E-state index in [-0.39, 0.29) is 0 Å². The molecule has 0 radical (unpaired) electrons. The minimum atomic E-state index is -6.72. The summed E-state index contributed by atoms with van der Waals surface area (Å²) in [6.07, 6.45) is 5.27. The summed E-state index contributed by atoms with van der Waals surface area (Å²) < 4.78 is 127. The van der Waals surface area contributed by atoms with Gasteiger partial charge in [0.2, 0.25) is 0 Å². The van der Waals surface area contributed by atoms with Crippen molar-refractivity contribution >= 4 is 28.9 Å². The molecule has 194 valence electrons. The van der Waals surface area contributed by atoms with Gasteiger partial charge in [0.25, 0.3) is 0 Å². The molecule has 0 aromatic rings. The molecule has 0 aromatic heterocycles. The topological polar surface area (TPSA) is 110 Å². The maximum atomic E-state index is 11.4. The van der Waals surface area contributed by atoms with E-state index < -0.39 is 39.9 Å². The Labute approximate surface area is 185 Å². The maximum Gasteiger partial charge on any atom is 0.500 e. The van der Waals surface area contributed by atoms with Gasteiger partial charge in [-0.25, -0.2) is 16.8 Å². The van der Waals surface area contributed by atoms with Crippen molar-refractivity contribution in [3.63, 3.8) is 0 Å². The molecule has 1 fully saturated rings. The third kappa shape index (κ3) is 9.39. The first-order valence-corrected chi connectivity index (χ1v) is 14.0. The van der Waals surface area contributed by atoms with E-state index in [0.29, 0.717) is 0 Å². The second-order valence-electron chi connectivity index (χ2n) is 7.17. The number of likely N-dealkylation sites (tertiary alicyclic amines) is 1. The molecule has 0 atom stereocenters. The van der Waals surface area contributed by atoms with Gasteiger partial charge in [-0.3, -0.25) is 0 Å². The van der Waals surface area contributed by atoms with Crippen LogP contribution in [-0.4, -0.2) is 89.2 Å². The number of sulfonamides is 2. The Bertz CT molecular complexity index is 730. The molecule has 0 amide bonds. The first-order valence-electron chi connectivity index (χ1n) is 9.16. The Balaban J connectivity index is 0.000000607. The second kappa shape index (κ2) is 11.8. The highest BCUT2D eigenvalue weighted by Crippen LogP contribution is 2.36. The standard InChI is InChI=1S/C12H28NO3Si.C2F6NO4S2/c1-13(9-6-5-7-10-13)11-8-12-17(14-2,15-3)16-4;3-1(4,5)14(10,11)9-15(12,13)2(6,7)8/h5-12H2,1-4H3;/q+1;-1. The van der Waals surface area contributed by atoms with E-state index >= 15 is 0 Å². The zero-order valence-electron chi connectivity index (χ0n) is 18.0. The number of alkyl halides is 6. The Kier molecular flexibility index (Phi) is 11.6. The van der Waals surface area contributed by atoms with E-state index in [1.54, 1.807) is 21.3 Å². The van der Waals surface area contributed by atoms with E-state index in [4.69, 9.17) is 13.3 Å². The van der Waals surface area contributed by atoms with Crippen LogP contribution in [0, 0.1) is 0 Å². The minimum absolute atomic E-state index is 0.778. The minimum Gasteiger partial charge on any atom is -0.421 e. The van der Waals surface area contributed by atoms with Gasteiger partial charge in [0.15, 0.2) is 20.0 Å². The summed E-state index contributed by atoms with van der Waals surface area (Å²) in [4.78, 5) is 0. The monoisotopic (exact) mass is 542 g/mol. The van der Waals surface area contributed by atoms with Crippen LogP contribution in [-0.2, 0) is 33.3 Å². The van der Waals surface area contributed by atoms with Gasteiger partial charge < -0.3 is 21.9 Å². The highest BCUT2D eigenvalue weighted by atomic mass is 32.3. The number of quaternary nitrogens is 1. The second-order valence-corrected chi connectivity index (χ2v) is 13.7. The molecular weight excluding hydrogens is 514 g/mol. The molecule has 9 nitrogen and oxygen atoms in total. The van der Waals surface area contributed by atoms with Gasteiger partial charge in [-0.2, -0.15) is 26.3 Å². The van der Waals surface area contributed by atoms with Crippen LogP contribution >= 0.6 is 0 Å². The Morgan fingerprint density at radius 3 is 1.50 bits per heavy atom. The Morgan fingerprint density at radius 2 is 1.19 bits per heavy atom. The van der Waals surface area contributed by atoms with Crippen molar-refractivity contribution in [2.75, 3.05) is 48.0 Å². The molecule has 0 N–H and O–H groups in total. The average Bonchev–Trinajstić information content (AvgIpc) is 2.64. The summed E-state index contributed by atoms with van der Waals surface area (Å²) in [5.74, 6) is 0. The van der Waals surface area contributed by atoms with Gasteiger partial charge in [-0.05, 0) is 19.3 Å². The van der Waals surface area contributed by atoms with Crippen molar-refractivity contribution in [2.24, 2.45) is 0 Å².